The predicted molar refractivity (Wildman–Crippen MR) is 72.5 cm³/mol. The van der Waals surface area contributed by atoms with E-state index in [0.29, 0.717) is 5.75 Å². The third kappa shape index (κ3) is 3.80. The predicted octanol–water partition coefficient (Wildman–Crippen LogP) is 5.27. The van der Waals surface area contributed by atoms with E-state index >= 15 is 0 Å². The second-order valence-electron chi connectivity index (χ2n) is 3.79. The fraction of sp³-hybridized carbons (Fsp3) is 0.154. The van der Waals surface area contributed by atoms with Gasteiger partial charge in [-0.2, -0.15) is 13.2 Å². The minimum atomic E-state index is -4.49. The molecule has 0 saturated carbocycles. The molecule has 0 saturated heterocycles. The van der Waals surface area contributed by atoms with Crippen molar-refractivity contribution < 1.29 is 17.9 Å². The monoisotopic (exact) mass is 319 g/mol. The summed E-state index contributed by atoms with van der Waals surface area (Å²) in [5, 5.41) is -0.268. The summed E-state index contributed by atoms with van der Waals surface area (Å²) >= 11 is 7.13. The lowest BCUT2D eigenvalue weighted by Gasteiger charge is -2.10. The average molecular weight is 320 g/mol. The van der Waals surface area contributed by atoms with Crippen molar-refractivity contribution in [1.29, 1.82) is 0 Å². The first-order chi connectivity index (χ1) is 9.38. The molecule has 0 N–H and O–H groups in total. The minimum absolute atomic E-state index is 0.193. The van der Waals surface area contributed by atoms with E-state index in [1.165, 1.54) is 0 Å². The van der Waals surface area contributed by atoms with Gasteiger partial charge < -0.3 is 4.74 Å². The van der Waals surface area contributed by atoms with Crippen LogP contribution in [0, 0.1) is 0 Å². The first-order valence-electron chi connectivity index (χ1n) is 5.45. The number of hydrogen-bond acceptors (Lipinski definition) is 3. The molecule has 0 aliphatic carbocycles. The zero-order valence-electron chi connectivity index (χ0n) is 10.2. The lowest BCUT2D eigenvalue weighted by atomic mass is 10.2. The highest BCUT2D eigenvalue weighted by molar-refractivity contribution is 7.98. The van der Waals surface area contributed by atoms with Gasteiger partial charge in [-0.15, -0.1) is 11.8 Å². The average Bonchev–Trinajstić information content (AvgIpc) is 2.38. The number of halogens is 4. The van der Waals surface area contributed by atoms with Gasteiger partial charge in [0.15, 0.2) is 0 Å². The first kappa shape index (κ1) is 15.0. The highest BCUT2D eigenvalue weighted by Crippen LogP contribution is 2.33. The number of hydrogen-bond donors (Lipinski definition) is 0. The Labute approximate surface area is 122 Å². The number of benzene rings is 1. The van der Waals surface area contributed by atoms with Crippen molar-refractivity contribution in [2.45, 2.75) is 11.1 Å². The van der Waals surface area contributed by atoms with Crippen molar-refractivity contribution in [3.05, 3.63) is 47.1 Å². The topological polar surface area (TPSA) is 22.1 Å². The van der Waals surface area contributed by atoms with Gasteiger partial charge in [0, 0.05) is 11.0 Å². The Kier molecular flexibility index (Phi) is 4.45. The van der Waals surface area contributed by atoms with Crippen LogP contribution >= 0.6 is 23.4 Å². The molecule has 0 amide bonds. The summed E-state index contributed by atoms with van der Waals surface area (Å²) in [7, 11) is 0. The van der Waals surface area contributed by atoms with Gasteiger partial charge in [0.2, 0.25) is 5.88 Å². The second kappa shape index (κ2) is 5.93. The molecule has 0 fully saturated rings. The van der Waals surface area contributed by atoms with Crippen LogP contribution in [0.4, 0.5) is 13.2 Å². The molecule has 0 spiro atoms. The molecule has 0 unspecified atom stereocenters. The molecule has 1 aromatic carbocycles. The number of aromatic nitrogens is 1. The SMILES string of the molecule is CSc1ccc(Oc2cc(C(F)(F)F)cc(Cl)n2)cc1. The Morgan fingerprint density at radius 1 is 1.15 bits per heavy atom. The van der Waals surface area contributed by atoms with Gasteiger partial charge in [-0.05, 0) is 36.6 Å². The Morgan fingerprint density at radius 3 is 2.35 bits per heavy atom. The Hall–Kier alpha value is -1.40. The van der Waals surface area contributed by atoms with E-state index in [1.807, 2.05) is 6.26 Å². The van der Waals surface area contributed by atoms with E-state index < -0.39 is 11.7 Å². The third-order valence-electron chi connectivity index (χ3n) is 2.38. The normalized spacial score (nSPS) is 11.4. The van der Waals surface area contributed by atoms with Crippen molar-refractivity contribution in [1.82, 2.24) is 4.98 Å². The van der Waals surface area contributed by atoms with E-state index in [-0.39, 0.29) is 11.0 Å². The molecular formula is C13H9ClF3NOS. The highest BCUT2D eigenvalue weighted by atomic mass is 35.5. The number of rotatable bonds is 3. The summed E-state index contributed by atoms with van der Waals surface area (Å²) < 4.78 is 43.2. The molecule has 20 heavy (non-hydrogen) atoms. The van der Waals surface area contributed by atoms with Crippen molar-refractivity contribution in [2.24, 2.45) is 0 Å². The first-order valence-corrected chi connectivity index (χ1v) is 7.05. The summed E-state index contributed by atoms with van der Waals surface area (Å²) in [6.45, 7) is 0. The largest absolute Gasteiger partial charge is 0.439 e. The molecule has 7 heteroatoms. The van der Waals surface area contributed by atoms with Crippen LogP contribution in [-0.4, -0.2) is 11.2 Å². The zero-order valence-corrected chi connectivity index (χ0v) is 11.8. The van der Waals surface area contributed by atoms with Crippen LogP contribution in [-0.2, 0) is 6.18 Å². The van der Waals surface area contributed by atoms with Crippen molar-refractivity contribution >= 4 is 23.4 Å². The zero-order chi connectivity index (χ0) is 14.8. The van der Waals surface area contributed by atoms with Gasteiger partial charge in [-0.1, -0.05) is 11.6 Å². The van der Waals surface area contributed by atoms with Gasteiger partial charge in [0.1, 0.15) is 10.9 Å². The number of alkyl halides is 3. The maximum Gasteiger partial charge on any atom is 0.416 e. The molecule has 0 aliphatic heterocycles. The standard InChI is InChI=1S/C13H9ClF3NOS/c1-20-10-4-2-9(3-5-10)19-12-7-8(13(15,16)17)6-11(14)18-12/h2-7H,1H3. The molecule has 0 aliphatic rings. The Balaban J connectivity index is 2.26. The van der Waals surface area contributed by atoms with Crippen LogP contribution in [0.2, 0.25) is 5.15 Å². The van der Waals surface area contributed by atoms with Crippen LogP contribution in [0.15, 0.2) is 41.3 Å². The number of nitrogens with zero attached hydrogens (tertiary/aromatic N) is 1. The van der Waals surface area contributed by atoms with Gasteiger partial charge in [0.25, 0.3) is 0 Å². The van der Waals surface area contributed by atoms with E-state index in [1.54, 1.807) is 36.0 Å². The van der Waals surface area contributed by atoms with Gasteiger partial charge in [0.05, 0.1) is 5.56 Å². The van der Waals surface area contributed by atoms with E-state index in [0.717, 1.165) is 17.0 Å². The van der Waals surface area contributed by atoms with Crippen LogP contribution in [0.5, 0.6) is 11.6 Å². The minimum Gasteiger partial charge on any atom is -0.439 e. The molecule has 2 rings (SSSR count). The third-order valence-corrected chi connectivity index (χ3v) is 3.32. The van der Waals surface area contributed by atoms with Crippen molar-refractivity contribution in [2.75, 3.05) is 6.26 Å². The molecule has 2 nitrogen and oxygen atoms in total. The van der Waals surface area contributed by atoms with E-state index in [4.69, 9.17) is 16.3 Å². The van der Waals surface area contributed by atoms with Crippen LogP contribution in [0.1, 0.15) is 5.56 Å². The summed E-state index contributed by atoms with van der Waals surface area (Å²) in [5.74, 6) is 0.201. The smallest absolute Gasteiger partial charge is 0.416 e. The Morgan fingerprint density at radius 2 is 1.80 bits per heavy atom. The number of thioether (sulfide) groups is 1. The summed E-state index contributed by atoms with van der Waals surface area (Å²) in [4.78, 5) is 4.74. The molecule has 1 aromatic heterocycles. The maximum absolute atomic E-state index is 12.6. The molecule has 0 radical (unpaired) electrons. The molecule has 2 aromatic rings. The summed E-state index contributed by atoms with van der Waals surface area (Å²) in [6, 6.07) is 8.48. The molecular weight excluding hydrogens is 311 g/mol. The fourth-order valence-corrected chi connectivity index (χ4v) is 2.06. The fourth-order valence-electron chi connectivity index (χ4n) is 1.45. The van der Waals surface area contributed by atoms with E-state index in [9.17, 15) is 13.2 Å². The summed E-state index contributed by atoms with van der Waals surface area (Å²) in [6.07, 6.45) is -2.57. The lowest BCUT2D eigenvalue weighted by Crippen LogP contribution is -2.05. The van der Waals surface area contributed by atoms with Gasteiger partial charge in [-0.3, -0.25) is 0 Å². The molecule has 0 bridgehead atoms. The van der Waals surface area contributed by atoms with Crippen LogP contribution in [0.3, 0.4) is 0 Å². The molecule has 0 atom stereocenters. The van der Waals surface area contributed by atoms with Crippen molar-refractivity contribution in [3.8, 4) is 11.6 Å². The van der Waals surface area contributed by atoms with Crippen LogP contribution < -0.4 is 4.74 Å². The lowest BCUT2D eigenvalue weighted by molar-refractivity contribution is -0.137. The number of ether oxygens (including phenoxy) is 1. The van der Waals surface area contributed by atoms with Crippen LogP contribution in [0.25, 0.3) is 0 Å². The Bertz CT molecular complexity index is 602. The van der Waals surface area contributed by atoms with Gasteiger partial charge in [-0.25, -0.2) is 4.98 Å². The second-order valence-corrected chi connectivity index (χ2v) is 5.06. The highest BCUT2D eigenvalue weighted by Gasteiger charge is 2.31. The van der Waals surface area contributed by atoms with Crippen molar-refractivity contribution in [3.63, 3.8) is 0 Å². The quantitative estimate of drug-likeness (QED) is 0.568. The van der Waals surface area contributed by atoms with Gasteiger partial charge >= 0.3 is 6.18 Å². The number of pyridine rings is 1. The van der Waals surface area contributed by atoms with E-state index in [2.05, 4.69) is 4.98 Å². The summed E-state index contributed by atoms with van der Waals surface area (Å²) in [5.41, 5.74) is -0.895. The molecule has 106 valence electrons. The molecule has 1 heterocycles. The maximum atomic E-state index is 12.6.